The maximum atomic E-state index is 12.9. The first-order valence-electron chi connectivity index (χ1n) is 10.2. The number of alkyl halides is 3. The van der Waals surface area contributed by atoms with Crippen molar-refractivity contribution in [2.24, 2.45) is 11.3 Å². The highest BCUT2D eigenvalue weighted by Crippen LogP contribution is 2.47. The van der Waals surface area contributed by atoms with E-state index in [1.165, 1.54) is 6.07 Å². The lowest BCUT2D eigenvalue weighted by Crippen LogP contribution is -2.63. The highest BCUT2D eigenvalue weighted by Gasteiger charge is 2.51. The number of hydrogen-bond donors (Lipinski definition) is 1. The van der Waals surface area contributed by atoms with Gasteiger partial charge in [-0.05, 0) is 58.4 Å². The number of aromatic nitrogens is 1. The molecule has 0 bridgehead atoms. The molecule has 1 spiro atoms. The molecule has 1 aromatic rings. The SMILES string of the molecule is Cc1ccc(C(F)(F)F)nc1OC1CCC2(CC1)CN(C(=O)[C@H]1C[C@@](C)(O)C1)C2. The van der Waals surface area contributed by atoms with Gasteiger partial charge in [-0.3, -0.25) is 4.79 Å². The molecular formula is C21H27F3N2O3. The first kappa shape index (κ1) is 20.4. The Bertz CT molecular complexity index is 785. The van der Waals surface area contributed by atoms with Crippen molar-refractivity contribution in [1.82, 2.24) is 9.88 Å². The monoisotopic (exact) mass is 412 g/mol. The average Bonchev–Trinajstić information content (AvgIpc) is 2.59. The van der Waals surface area contributed by atoms with Crippen LogP contribution in [0.3, 0.4) is 0 Å². The van der Waals surface area contributed by atoms with Crippen molar-refractivity contribution in [1.29, 1.82) is 0 Å². The van der Waals surface area contributed by atoms with Gasteiger partial charge in [-0.1, -0.05) is 6.07 Å². The fourth-order valence-electron chi connectivity index (χ4n) is 4.94. The molecule has 2 saturated carbocycles. The van der Waals surface area contributed by atoms with E-state index < -0.39 is 17.5 Å². The van der Waals surface area contributed by atoms with Crippen molar-refractivity contribution < 1.29 is 27.8 Å². The molecule has 3 fully saturated rings. The fourth-order valence-corrected chi connectivity index (χ4v) is 4.94. The van der Waals surface area contributed by atoms with E-state index in [9.17, 15) is 23.1 Å². The van der Waals surface area contributed by atoms with Crippen LogP contribution in [0, 0.1) is 18.3 Å². The van der Waals surface area contributed by atoms with Crippen LogP contribution in [0.4, 0.5) is 13.2 Å². The summed E-state index contributed by atoms with van der Waals surface area (Å²) in [6, 6.07) is 2.36. The van der Waals surface area contributed by atoms with Crippen LogP contribution in [0.25, 0.3) is 0 Å². The Hall–Kier alpha value is -1.83. The van der Waals surface area contributed by atoms with E-state index in [4.69, 9.17) is 4.74 Å². The summed E-state index contributed by atoms with van der Waals surface area (Å²) in [4.78, 5) is 18.0. The van der Waals surface area contributed by atoms with Crippen molar-refractivity contribution in [3.63, 3.8) is 0 Å². The van der Waals surface area contributed by atoms with E-state index in [0.29, 0.717) is 18.4 Å². The third-order valence-corrected chi connectivity index (χ3v) is 6.70. The summed E-state index contributed by atoms with van der Waals surface area (Å²) in [5, 5.41) is 9.83. The van der Waals surface area contributed by atoms with Crippen molar-refractivity contribution in [2.75, 3.05) is 13.1 Å². The van der Waals surface area contributed by atoms with Crippen LogP contribution in [0.2, 0.25) is 0 Å². The summed E-state index contributed by atoms with van der Waals surface area (Å²) in [6.07, 6.45) is -0.290. The van der Waals surface area contributed by atoms with Gasteiger partial charge in [0, 0.05) is 30.0 Å². The largest absolute Gasteiger partial charge is 0.474 e. The van der Waals surface area contributed by atoms with E-state index >= 15 is 0 Å². The molecule has 2 aliphatic carbocycles. The van der Waals surface area contributed by atoms with Crippen LogP contribution in [0.1, 0.15) is 56.7 Å². The number of hydrogen-bond acceptors (Lipinski definition) is 4. The van der Waals surface area contributed by atoms with E-state index in [-0.39, 0.29) is 29.2 Å². The maximum Gasteiger partial charge on any atom is 0.433 e. The highest BCUT2D eigenvalue weighted by molar-refractivity contribution is 5.81. The lowest BCUT2D eigenvalue weighted by molar-refractivity contribution is -0.164. The third-order valence-electron chi connectivity index (χ3n) is 6.70. The highest BCUT2D eigenvalue weighted by atomic mass is 19.4. The van der Waals surface area contributed by atoms with Gasteiger partial charge >= 0.3 is 6.18 Å². The van der Waals surface area contributed by atoms with E-state index in [2.05, 4.69) is 4.98 Å². The number of rotatable bonds is 3. The van der Waals surface area contributed by atoms with Crippen molar-refractivity contribution >= 4 is 5.91 Å². The summed E-state index contributed by atoms with van der Waals surface area (Å²) in [6.45, 7) is 4.92. The molecule has 0 atom stereocenters. The Labute approximate surface area is 168 Å². The summed E-state index contributed by atoms with van der Waals surface area (Å²) in [7, 11) is 0. The molecular weight excluding hydrogens is 385 g/mol. The van der Waals surface area contributed by atoms with Crippen LogP contribution in [-0.2, 0) is 11.0 Å². The van der Waals surface area contributed by atoms with E-state index in [1.807, 2.05) is 4.90 Å². The number of carbonyl (C=O) groups is 1. The molecule has 1 N–H and O–H groups in total. The number of aryl methyl sites for hydroxylation is 1. The molecule has 1 aliphatic heterocycles. The van der Waals surface area contributed by atoms with Crippen molar-refractivity contribution in [3.05, 3.63) is 23.4 Å². The van der Waals surface area contributed by atoms with Gasteiger partial charge < -0.3 is 14.7 Å². The van der Waals surface area contributed by atoms with Gasteiger partial charge in [0.05, 0.1) is 5.60 Å². The zero-order chi connectivity index (χ0) is 21.0. The summed E-state index contributed by atoms with van der Waals surface area (Å²) < 4.78 is 44.5. The van der Waals surface area contributed by atoms with Crippen molar-refractivity contribution in [2.45, 2.75) is 70.3 Å². The molecule has 1 aromatic heterocycles. The number of amides is 1. The average molecular weight is 412 g/mol. The standard InChI is InChI=1S/C21H27F3N2O3/c1-13-3-4-16(21(22,23)24)25-17(13)29-15-5-7-20(8-6-15)11-26(12-20)18(27)14-9-19(2,28)10-14/h3-4,14-15,28H,5-12H2,1-2H3/t14-,19+. The van der Waals surface area contributed by atoms with Crippen LogP contribution in [0.15, 0.2) is 12.1 Å². The molecule has 4 rings (SSSR count). The Morgan fingerprint density at radius 3 is 2.41 bits per heavy atom. The zero-order valence-electron chi connectivity index (χ0n) is 16.8. The number of halogens is 3. The second-order valence-electron chi connectivity index (χ2n) is 9.43. The quantitative estimate of drug-likeness (QED) is 0.822. The number of carbonyl (C=O) groups excluding carboxylic acids is 1. The molecule has 0 radical (unpaired) electrons. The molecule has 29 heavy (non-hydrogen) atoms. The molecule has 3 aliphatic rings. The molecule has 1 saturated heterocycles. The predicted molar refractivity (Wildman–Crippen MR) is 99.2 cm³/mol. The number of pyridine rings is 1. The lowest BCUT2D eigenvalue weighted by atomic mass is 9.66. The molecule has 5 nitrogen and oxygen atoms in total. The van der Waals surface area contributed by atoms with Crippen LogP contribution >= 0.6 is 0 Å². The van der Waals surface area contributed by atoms with Crippen LogP contribution in [-0.4, -0.2) is 45.7 Å². The minimum Gasteiger partial charge on any atom is -0.474 e. The number of nitrogens with zero attached hydrogens (tertiary/aromatic N) is 2. The molecule has 0 unspecified atom stereocenters. The van der Waals surface area contributed by atoms with Gasteiger partial charge in [0.25, 0.3) is 0 Å². The molecule has 0 aromatic carbocycles. The normalized spacial score (nSPS) is 29.3. The Kier molecular flexibility index (Phi) is 4.83. The van der Waals surface area contributed by atoms with Gasteiger partial charge in [-0.2, -0.15) is 13.2 Å². The number of ether oxygens (including phenoxy) is 1. The van der Waals surface area contributed by atoms with Gasteiger partial charge in [-0.15, -0.1) is 0 Å². The molecule has 160 valence electrons. The second kappa shape index (κ2) is 6.86. The first-order chi connectivity index (χ1) is 13.5. The summed E-state index contributed by atoms with van der Waals surface area (Å²) >= 11 is 0. The predicted octanol–water partition coefficient (Wildman–Crippen LogP) is 3.72. The van der Waals surface area contributed by atoms with E-state index in [0.717, 1.165) is 44.8 Å². The minimum absolute atomic E-state index is 0.0584. The van der Waals surface area contributed by atoms with Crippen molar-refractivity contribution in [3.8, 4) is 5.88 Å². The van der Waals surface area contributed by atoms with Gasteiger partial charge in [0.2, 0.25) is 11.8 Å². The number of aliphatic hydroxyl groups is 1. The molecule has 1 amide bonds. The smallest absolute Gasteiger partial charge is 0.433 e. The van der Waals surface area contributed by atoms with Gasteiger partial charge in [0.15, 0.2) is 0 Å². The Balaban J connectivity index is 1.28. The summed E-state index contributed by atoms with van der Waals surface area (Å²) in [5.41, 5.74) is -0.935. The van der Waals surface area contributed by atoms with Gasteiger partial charge in [0.1, 0.15) is 11.8 Å². The lowest BCUT2D eigenvalue weighted by Gasteiger charge is -2.55. The first-order valence-corrected chi connectivity index (χ1v) is 10.2. The van der Waals surface area contributed by atoms with Crippen LogP contribution in [0.5, 0.6) is 5.88 Å². The number of likely N-dealkylation sites (tertiary alicyclic amines) is 1. The zero-order valence-corrected chi connectivity index (χ0v) is 16.8. The molecule has 8 heteroatoms. The fraction of sp³-hybridized carbons (Fsp3) is 0.714. The van der Waals surface area contributed by atoms with Crippen LogP contribution < -0.4 is 4.74 Å². The Morgan fingerprint density at radius 1 is 1.24 bits per heavy atom. The van der Waals surface area contributed by atoms with Gasteiger partial charge in [-0.25, -0.2) is 4.98 Å². The maximum absolute atomic E-state index is 12.9. The Morgan fingerprint density at radius 2 is 1.86 bits per heavy atom. The minimum atomic E-state index is -4.49. The topological polar surface area (TPSA) is 62.7 Å². The second-order valence-corrected chi connectivity index (χ2v) is 9.43. The van der Waals surface area contributed by atoms with E-state index in [1.54, 1.807) is 13.8 Å². The summed E-state index contributed by atoms with van der Waals surface area (Å²) in [5.74, 6) is 0.143. The molecule has 2 heterocycles. The third kappa shape index (κ3) is 4.09.